The van der Waals surface area contributed by atoms with E-state index in [1.165, 1.54) is 30.3 Å². The predicted octanol–water partition coefficient (Wildman–Crippen LogP) is 2.55. The number of anilines is 1. The van der Waals surface area contributed by atoms with Gasteiger partial charge in [-0.2, -0.15) is 0 Å². The molecule has 8 nitrogen and oxygen atoms in total. The van der Waals surface area contributed by atoms with Gasteiger partial charge in [0.15, 0.2) is 0 Å². The normalized spacial score (nSPS) is 16.4. The summed E-state index contributed by atoms with van der Waals surface area (Å²) in [4.78, 5) is 26.4. The zero-order valence-corrected chi connectivity index (χ0v) is 18.4. The Morgan fingerprint density at radius 3 is 2.62 bits per heavy atom. The topological polar surface area (TPSA) is 108 Å². The summed E-state index contributed by atoms with van der Waals surface area (Å²) in [6, 6.07) is 13.2. The Morgan fingerprint density at radius 2 is 1.88 bits per heavy atom. The van der Waals surface area contributed by atoms with E-state index in [2.05, 4.69) is 15.4 Å². The molecule has 2 aromatic rings. The number of likely N-dealkylation sites (tertiary alicyclic amines) is 1. The molecule has 2 aromatic carbocycles. The fraction of sp³-hybridized carbons (Fsp3) is 0.364. The van der Waals surface area contributed by atoms with Crippen molar-refractivity contribution in [3.63, 3.8) is 0 Å². The Balaban J connectivity index is 1.41. The summed E-state index contributed by atoms with van der Waals surface area (Å²) in [5.41, 5.74) is 0.362. The summed E-state index contributed by atoms with van der Waals surface area (Å²) < 4.78 is 40.1. The van der Waals surface area contributed by atoms with Gasteiger partial charge < -0.3 is 15.5 Å². The maximum absolute atomic E-state index is 13.2. The van der Waals surface area contributed by atoms with Gasteiger partial charge in [0.05, 0.1) is 4.90 Å². The number of hydrogen-bond donors (Lipinski definition) is 3. The number of benzene rings is 2. The van der Waals surface area contributed by atoms with Crippen LogP contribution in [0.5, 0.6) is 0 Å². The summed E-state index contributed by atoms with van der Waals surface area (Å²) in [7, 11) is -3.64. The summed E-state index contributed by atoms with van der Waals surface area (Å²) in [5.74, 6) is -0.475. The molecular formula is C22H27FN4O4S. The molecule has 0 aromatic heterocycles. The first-order chi connectivity index (χ1) is 15.3. The molecule has 0 bridgehead atoms. The molecular weight excluding hydrogens is 435 g/mol. The number of carbonyl (C=O) groups excluding carboxylic acids is 2. The zero-order valence-electron chi connectivity index (χ0n) is 17.6. The molecule has 3 N–H and O–H groups in total. The molecule has 0 spiro atoms. The monoisotopic (exact) mass is 462 g/mol. The van der Waals surface area contributed by atoms with Crippen molar-refractivity contribution in [1.82, 2.24) is 14.9 Å². The molecule has 1 heterocycles. The van der Waals surface area contributed by atoms with Gasteiger partial charge in [0.2, 0.25) is 15.9 Å². The van der Waals surface area contributed by atoms with Crippen LogP contribution in [0.25, 0.3) is 0 Å². The van der Waals surface area contributed by atoms with E-state index in [0.717, 1.165) is 12.8 Å². The molecule has 172 valence electrons. The van der Waals surface area contributed by atoms with Gasteiger partial charge in [-0.05, 0) is 49.1 Å². The van der Waals surface area contributed by atoms with E-state index in [-0.39, 0.29) is 29.7 Å². The fourth-order valence-electron chi connectivity index (χ4n) is 3.57. The summed E-state index contributed by atoms with van der Waals surface area (Å²) in [6.45, 7) is 1.50. The highest BCUT2D eigenvalue weighted by Gasteiger charge is 2.24. The summed E-state index contributed by atoms with van der Waals surface area (Å²) in [5, 5.41) is 5.33. The summed E-state index contributed by atoms with van der Waals surface area (Å²) in [6.07, 6.45) is 1.73. The summed E-state index contributed by atoms with van der Waals surface area (Å²) >= 11 is 0. The van der Waals surface area contributed by atoms with E-state index in [9.17, 15) is 22.4 Å². The number of carbonyl (C=O) groups is 2. The number of halogens is 1. The molecule has 1 atom stereocenters. The highest BCUT2D eigenvalue weighted by Crippen LogP contribution is 2.17. The van der Waals surface area contributed by atoms with Gasteiger partial charge >= 0.3 is 6.03 Å². The lowest BCUT2D eigenvalue weighted by molar-refractivity contribution is -0.132. The molecule has 3 rings (SSSR count). The molecule has 1 unspecified atom stereocenters. The molecule has 1 fully saturated rings. The number of hydrogen-bond acceptors (Lipinski definition) is 4. The van der Waals surface area contributed by atoms with E-state index in [4.69, 9.17) is 0 Å². The minimum Gasteiger partial charge on any atom is -0.342 e. The van der Waals surface area contributed by atoms with Crippen molar-refractivity contribution in [3.8, 4) is 0 Å². The van der Waals surface area contributed by atoms with Crippen LogP contribution in [-0.4, -0.2) is 51.4 Å². The number of piperidine rings is 1. The van der Waals surface area contributed by atoms with Crippen molar-refractivity contribution in [1.29, 1.82) is 0 Å². The van der Waals surface area contributed by atoms with Crippen molar-refractivity contribution in [2.75, 3.05) is 31.5 Å². The van der Waals surface area contributed by atoms with Crippen LogP contribution in [0.3, 0.4) is 0 Å². The Morgan fingerprint density at radius 1 is 1.09 bits per heavy atom. The van der Waals surface area contributed by atoms with Crippen molar-refractivity contribution in [2.45, 2.75) is 24.2 Å². The Labute approximate surface area is 187 Å². The Bertz CT molecular complexity index is 1030. The quantitative estimate of drug-likeness (QED) is 0.560. The lowest BCUT2D eigenvalue weighted by atomic mass is 9.98. The van der Waals surface area contributed by atoms with E-state index in [0.29, 0.717) is 25.3 Å². The van der Waals surface area contributed by atoms with Gasteiger partial charge in [-0.1, -0.05) is 24.3 Å². The smallest absolute Gasteiger partial charge is 0.319 e. The molecule has 32 heavy (non-hydrogen) atoms. The lowest BCUT2D eigenvalue weighted by Crippen LogP contribution is -2.45. The fourth-order valence-corrected chi connectivity index (χ4v) is 4.62. The number of rotatable bonds is 8. The SMILES string of the molecule is O=C(NCC1CCCN(C(=O)CCNS(=O)(=O)c2ccccc2)C1)Nc1cccc(F)c1. The zero-order chi connectivity index (χ0) is 23.0. The maximum Gasteiger partial charge on any atom is 0.319 e. The lowest BCUT2D eigenvalue weighted by Gasteiger charge is -2.33. The average molecular weight is 463 g/mol. The van der Waals surface area contributed by atoms with E-state index in [1.54, 1.807) is 29.2 Å². The Hall–Kier alpha value is -2.98. The average Bonchev–Trinajstić information content (AvgIpc) is 2.78. The van der Waals surface area contributed by atoms with Crippen molar-refractivity contribution in [3.05, 3.63) is 60.4 Å². The number of nitrogens with one attached hydrogen (secondary N) is 3. The van der Waals surface area contributed by atoms with Crippen LogP contribution in [-0.2, 0) is 14.8 Å². The molecule has 0 saturated carbocycles. The predicted molar refractivity (Wildman–Crippen MR) is 119 cm³/mol. The first-order valence-electron chi connectivity index (χ1n) is 10.5. The van der Waals surface area contributed by atoms with Crippen LogP contribution in [0, 0.1) is 11.7 Å². The van der Waals surface area contributed by atoms with Crippen LogP contribution in [0.15, 0.2) is 59.5 Å². The molecule has 0 radical (unpaired) electrons. The second kappa shape index (κ2) is 11.1. The largest absolute Gasteiger partial charge is 0.342 e. The molecule has 1 aliphatic heterocycles. The van der Waals surface area contributed by atoms with Gasteiger partial charge in [0.25, 0.3) is 0 Å². The minimum absolute atomic E-state index is 0.0194. The standard InChI is InChI=1S/C22H27FN4O4S/c23-18-7-4-8-19(14-18)26-22(29)24-15-17-6-5-13-27(16-17)21(28)11-12-25-32(30,31)20-9-2-1-3-10-20/h1-4,7-10,14,17,25H,5-6,11-13,15-16H2,(H2,24,26,29). The van der Waals surface area contributed by atoms with Gasteiger partial charge in [0.1, 0.15) is 5.82 Å². The van der Waals surface area contributed by atoms with Crippen molar-refractivity contribution < 1.29 is 22.4 Å². The van der Waals surface area contributed by atoms with Crippen LogP contribution in [0.4, 0.5) is 14.9 Å². The maximum atomic E-state index is 13.2. The van der Waals surface area contributed by atoms with Gasteiger partial charge in [-0.25, -0.2) is 22.3 Å². The third-order valence-electron chi connectivity index (χ3n) is 5.19. The van der Waals surface area contributed by atoms with Crippen molar-refractivity contribution in [2.24, 2.45) is 5.92 Å². The molecule has 1 aliphatic rings. The van der Waals surface area contributed by atoms with Crippen LogP contribution >= 0.6 is 0 Å². The highest BCUT2D eigenvalue weighted by molar-refractivity contribution is 7.89. The van der Waals surface area contributed by atoms with Gasteiger partial charge in [0, 0.05) is 38.3 Å². The number of sulfonamides is 1. The second-order valence-corrected chi connectivity index (χ2v) is 9.42. The molecule has 3 amide bonds. The third kappa shape index (κ3) is 7.03. The number of urea groups is 1. The van der Waals surface area contributed by atoms with E-state index >= 15 is 0 Å². The van der Waals surface area contributed by atoms with Crippen LogP contribution < -0.4 is 15.4 Å². The van der Waals surface area contributed by atoms with Gasteiger partial charge in [-0.15, -0.1) is 0 Å². The third-order valence-corrected chi connectivity index (χ3v) is 6.67. The number of amides is 3. The van der Waals surface area contributed by atoms with Gasteiger partial charge in [-0.3, -0.25) is 4.79 Å². The first kappa shape index (κ1) is 23.7. The van der Waals surface area contributed by atoms with Crippen LogP contribution in [0.2, 0.25) is 0 Å². The number of nitrogens with zero attached hydrogens (tertiary/aromatic N) is 1. The first-order valence-corrected chi connectivity index (χ1v) is 11.9. The molecule has 1 saturated heterocycles. The molecule has 10 heteroatoms. The second-order valence-electron chi connectivity index (χ2n) is 7.65. The van der Waals surface area contributed by atoms with E-state index < -0.39 is 21.9 Å². The minimum atomic E-state index is -3.64. The van der Waals surface area contributed by atoms with Crippen LogP contribution in [0.1, 0.15) is 19.3 Å². The molecule has 0 aliphatic carbocycles. The Kier molecular flexibility index (Phi) is 8.18. The highest BCUT2D eigenvalue weighted by atomic mass is 32.2. The van der Waals surface area contributed by atoms with E-state index in [1.807, 2.05) is 0 Å². The van der Waals surface area contributed by atoms with Crippen molar-refractivity contribution >= 4 is 27.6 Å².